The first-order chi connectivity index (χ1) is 14.1. The lowest BCUT2D eigenvalue weighted by molar-refractivity contribution is 0.00943. The Labute approximate surface area is 170 Å². The molecular formula is C22H26N4O3. The molecule has 2 saturated heterocycles. The number of fused-ring (bicyclic) bond motifs is 1. The lowest BCUT2D eigenvalue weighted by Crippen LogP contribution is -2.74. The molecule has 0 aliphatic carbocycles. The summed E-state index contributed by atoms with van der Waals surface area (Å²) in [5.41, 5.74) is 3.33. The van der Waals surface area contributed by atoms with Gasteiger partial charge in [-0.2, -0.15) is 0 Å². The topological polar surface area (TPSA) is 58.1 Å². The molecule has 0 atom stereocenters. The number of likely N-dealkylation sites (tertiary alicyclic amines) is 1. The average molecular weight is 394 g/mol. The van der Waals surface area contributed by atoms with Gasteiger partial charge in [0.25, 0.3) is 0 Å². The number of hydrogen-bond donors (Lipinski definition) is 0. The van der Waals surface area contributed by atoms with Crippen molar-refractivity contribution < 1.29 is 14.3 Å². The van der Waals surface area contributed by atoms with Crippen LogP contribution < -0.4 is 19.3 Å². The van der Waals surface area contributed by atoms with Crippen LogP contribution in [0.15, 0.2) is 36.5 Å². The number of pyridine rings is 1. The van der Waals surface area contributed by atoms with E-state index in [1.54, 1.807) is 13.3 Å². The highest BCUT2D eigenvalue weighted by Crippen LogP contribution is 2.44. The molecule has 5 rings (SSSR count). The summed E-state index contributed by atoms with van der Waals surface area (Å²) in [6.07, 6.45) is 2.70. The minimum Gasteiger partial charge on any atom is -0.490 e. The number of rotatable bonds is 3. The number of methoxy groups -OCH3 is 1. The largest absolute Gasteiger partial charge is 0.490 e. The average Bonchev–Trinajstić information content (AvgIpc) is 2.71. The maximum Gasteiger partial charge on any atom is 0.324 e. The van der Waals surface area contributed by atoms with Gasteiger partial charge in [-0.25, -0.2) is 9.78 Å². The molecule has 7 nitrogen and oxygen atoms in total. The summed E-state index contributed by atoms with van der Waals surface area (Å²) in [5.74, 6) is 1.48. The summed E-state index contributed by atoms with van der Waals surface area (Å²) in [6.45, 7) is 6.71. The molecule has 1 aromatic heterocycles. The Hall–Kier alpha value is -2.96. The highest BCUT2D eigenvalue weighted by atomic mass is 16.5. The highest BCUT2D eigenvalue weighted by Gasteiger charge is 2.54. The number of hydrogen-bond acceptors (Lipinski definition) is 5. The van der Waals surface area contributed by atoms with E-state index in [9.17, 15) is 4.79 Å². The molecule has 4 heterocycles. The fourth-order valence-corrected chi connectivity index (χ4v) is 4.67. The second kappa shape index (κ2) is 6.83. The summed E-state index contributed by atoms with van der Waals surface area (Å²) in [4.78, 5) is 23.5. The number of aryl methyl sites for hydroxylation is 1. The minimum absolute atomic E-state index is 0.0850. The van der Waals surface area contributed by atoms with Crippen molar-refractivity contribution in [2.45, 2.75) is 13.3 Å². The Kier molecular flexibility index (Phi) is 4.26. The van der Waals surface area contributed by atoms with Crippen molar-refractivity contribution in [1.82, 2.24) is 9.88 Å². The highest BCUT2D eigenvalue weighted by molar-refractivity contribution is 5.94. The Bertz CT molecular complexity index is 933. The smallest absolute Gasteiger partial charge is 0.324 e. The number of nitrogens with zero attached hydrogens (tertiary/aromatic N) is 4. The zero-order chi connectivity index (χ0) is 20.0. The Morgan fingerprint density at radius 2 is 2.03 bits per heavy atom. The summed E-state index contributed by atoms with van der Waals surface area (Å²) in [7, 11) is 1.65. The van der Waals surface area contributed by atoms with Crippen LogP contribution >= 0.6 is 0 Å². The number of amides is 2. The third kappa shape index (κ3) is 2.96. The zero-order valence-corrected chi connectivity index (χ0v) is 16.9. The molecule has 0 N–H and O–H groups in total. The van der Waals surface area contributed by atoms with Crippen LogP contribution in [-0.2, 0) is 6.42 Å². The zero-order valence-electron chi connectivity index (χ0n) is 16.9. The quantitative estimate of drug-likeness (QED) is 0.801. The van der Waals surface area contributed by atoms with Crippen molar-refractivity contribution in [2.24, 2.45) is 5.41 Å². The van der Waals surface area contributed by atoms with Crippen LogP contribution in [0, 0.1) is 5.41 Å². The lowest BCUT2D eigenvalue weighted by Gasteiger charge is -2.61. The normalized spacial score (nSPS) is 19.2. The predicted octanol–water partition coefficient (Wildman–Crippen LogP) is 2.79. The van der Waals surface area contributed by atoms with Crippen molar-refractivity contribution in [3.8, 4) is 11.6 Å². The molecule has 0 bridgehead atoms. The van der Waals surface area contributed by atoms with Crippen molar-refractivity contribution in [1.29, 1.82) is 0 Å². The summed E-state index contributed by atoms with van der Waals surface area (Å²) >= 11 is 0. The first-order valence-electron chi connectivity index (χ1n) is 10.2. The van der Waals surface area contributed by atoms with Gasteiger partial charge < -0.3 is 19.3 Å². The van der Waals surface area contributed by atoms with Crippen LogP contribution in [-0.4, -0.2) is 62.4 Å². The molecule has 0 unspecified atom stereocenters. The Morgan fingerprint density at radius 1 is 1.21 bits per heavy atom. The van der Waals surface area contributed by atoms with E-state index in [4.69, 9.17) is 9.47 Å². The molecule has 2 aromatic rings. The van der Waals surface area contributed by atoms with E-state index in [1.807, 2.05) is 28.0 Å². The summed E-state index contributed by atoms with van der Waals surface area (Å²) < 4.78 is 11.2. The van der Waals surface area contributed by atoms with Crippen molar-refractivity contribution >= 4 is 17.4 Å². The molecule has 3 aliphatic heterocycles. The van der Waals surface area contributed by atoms with Gasteiger partial charge in [0, 0.05) is 37.8 Å². The minimum atomic E-state index is 0.0850. The van der Waals surface area contributed by atoms with E-state index >= 15 is 0 Å². The van der Waals surface area contributed by atoms with E-state index in [2.05, 4.69) is 28.9 Å². The Morgan fingerprint density at radius 3 is 2.79 bits per heavy atom. The van der Waals surface area contributed by atoms with Crippen LogP contribution in [0.25, 0.3) is 0 Å². The van der Waals surface area contributed by atoms with Crippen LogP contribution in [0.5, 0.6) is 11.6 Å². The third-order valence-electron chi connectivity index (χ3n) is 6.19. The van der Waals surface area contributed by atoms with E-state index < -0.39 is 0 Å². The van der Waals surface area contributed by atoms with Crippen LogP contribution in [0.2, 0.25) is 0 Å². The van der Waals surface area contributed by atoms with Crippen LogP contribution in [0.4, 0.5) is 16.2 Å². The summed E-state index contributed by atoms with van der Waals surface area (Å²) in [6, 6.07) is 10.2. The van der Waals surface area contributed by atoms with Gasteiger partial charge in [-0.3, -0.25) is 4.90 Å². The van der Waals surface area contributed by atoms with Gasteiger partial charge >= 0.3 is 6.03 Å². The van der Waals surface area contributed by atoms with Gasteiger partial charge in [-0.1, -0.05) is 13.0 Å². The molecule has 2 amide bonds. The molecular weight excluding hydrogens is 368 g/mol. The third-order valence-corrected chi connectivity index (χ3v) is 6.19. The molecule has 0 saturated carbocycles. The van der Waals surface area contributed by atoms with Crippen molar-refractivity contribution in [3.63, 3.8) is 0 Å². The Balaban J connectivity index is 1.23. The van der Waals surface area contributed by atoms with Crippen LogP contribution in [0.3, 0.4) is 0 Å². The first kappa shape index (κ1) is 18.1. The molecule has 1 aromatic carbocycles. The van der Waals surface area contributed by atoms with Crippen molar-refractivity contribution in [2.75, 3.05) is 56.2 Å². The number of aromatic nitrogens is 1. The maximum atomic E-state index is 13.1. The second-order valence-electron chi connectivity index (χ2n) is 8.18. The standard InChI is InChI=1S/C22H26N4O3/c1-3-16-6-7-17-19(11-16)29-10-9-26(17)21(27)25-14-22(15-25)12-24(13-22)18-5-4-8-23-20(18)28-2/h4-8,11H,3,9-10,12-15H2,1-2H3. The van der Waals surface area contributed by atoms with Gasteiger partial charge in [0.05, 0.1) is 25.0 Å². The lowest BCUT2D eigenvalue weighted by atomic mass is 9.72. The monoisotopic (exact) mass is 394 g/mol. The predicted molar refractivity (Wildman–Crippen MR) is 111 cm³/mol. The van der Waals surface area contributed by atoms with Crippen LogP contribution in [0.1, 0.15) is 12.5 Å². The van der Waals surface area contributed by atoms with Gasteiger partial charge in [-0.15, -0.1) is 0 Å². The fraction of sp³-hybridized carbons (Fsp3) is 0.455. The molecule has 2 fully saturated rings. The van der Waals surface area contributed by atoms with Crippen molar-refractivity contribution in [3.05, 3.63) is 42.1 Å². The number of ether oxygens (including phenoxy) is 2. The molecule has 0 radical (unpaired) electrons. The summed E-state index contributed by atoms with van der Waals surface area (Å²) in [5, 5.41) is 0. The molecule has 3 aliphatic rings. The van der Waals surface area contributed by atoms with Gasteiger partial charge in [0.15, 0.2) is 0 Å². The van der Waals surface area contributed by atoms with E-state index in [-0.39, 0.29) is 11.4 Å². The molecule has 7 heteroatoms. The van der Waals surface area contributed by atoms with E-state index in [0.29, 0.717) is 19.0 Å². The number of carbonyl (C=O) groups is 1. The van der Waals surface area contributed by atoms with Gasteiger partial charge in [0.1, 0.15) is 12.4 Å². The second-order valence-corrected chi connectivity index (χ2v) is 8.18. The van der Waals surface area contributed by atoms with E-state index in [0.717, 1.165) is 49.7 Å². The number of urea groups is 1. The number of benzene rings is 1. The number of anilines is 2. The molecule has 152 valence electrons. The van der Waals surface area contributed by atoms with Gasteiger partial charge in [-0.05, 0) is 36.2 Å². The molecule has 29 heavy (non-hydrogen) atoms. The van der Waals surface area contributed by atoms with Gasteiger partial charge in [0.2, 0.25) is 5.88 Å². The van der Waals surface area contributed by atoms with E-state index in [1.165, 1.54) is 5.56 Å². The maximum absolute atomic E-state index is 13.1. The number of carbonyl (C=O) groups excluding carboxylic acids is 1. The first-order valence-corrected chi connectivity index (χ1v) is 10.2. The molecule has 1 spiro atoms. The SMILES string of the molecule is CCc1ccc2c(c1)OCCN2C(=O)N1CC2(C1)CN(c1cccnc1OC)C2. The fourth-order valence-electron chi connectivity index (χ4n) is 4.67.